The maximum Gasteiger partial charge on any atom is -1.00 e. The molecule has 0 saturated carbocycles. The van der Waals surface area contributed by atoms with Crippen molar-refractivity contribution in [3.8, 4) is 0 Å². The van der Waals surface area contributed by atoms with Crippen LogP contribution in [0.5, 0.6) is 0 Å². The minimum Gasteiger partial charge on any atom is -1.00 e. The first-order chi connectivity index (χ1) is 2.00. The second-order valence-corrected chi connectivity index (χ2v) is 12.3. The van der Waals surface area contributed by atoms with E-state index in [1.807, 2.05) is 13.3 Å². The molecule has 1 N–H and O–H groups in total. The molecule has 1 nitrogen and oxygen atoms in total. The largest absolute Gasteiger partial charge is 1.00 e. The van der Waals surface area contributed by atoms with Crippen LogP contribution in [0.15, 0.2) is 0 Å². The first kappa shape index (κ1) is 6.08. The van der Waals surface area contributed by atoms with Gasteiger partial charge in [-0.05, 0) is 0 Å². The van der Waals surface area contributed by atoms with Gasteiger partial charge >= 0.3 is 43.1 Å². The van der Waals surface area contributed by atoms with Crippen molar-refractivity contribution in [2.24, 2.45) is 0 Å². The molecular formula is C2H9OPPt-. The molecule has 0 saturated heterocycles. The molecule has 0 heterocycles. The summed E-state index contributed by atoms with van der Waals surface area (Å²) < 4.78 is 0. The average Bonchev–Trinajstić information content (AvgIpc) is 0.722. The van der Waals surface area contributed by atoms with E-state index >= 15 is 0 Å². The Bertz CT molecular complexity index is 29.0. The summed E-state index contributed by atoms with van der Waals surface area (Å²) in [5.41, 5.74) is -1.64. The molecule has 0 bridgehead atoms. The van der Waals surface area contributed by atoms with Gasteiger partial charge in [-0.1, -0.05) is 0 Å². The Kier molecular flexibility index (Phi) is 2.05. The van der Waals surface area contributed by atoms with Crippen molar-refractivity contribution >= 4 is 5.58 Å². The molecule has 0 aromatic heterocycles. The van der Waals surface area contributed by atoms with Crippen molar-refractivity contribution in [1.82, 2.24) is 0 Å². The fraction of sp³-hybridized carbons (Fsp3) is 1.00. The molecule has 0 aliphatic carbocycles. The minimum absolute atomic E-state index is 0. The Morgan fingerprint density at radius 2 is 1.80 bits per heavy atom. The van der Waals surface area contributed by atoms with Gasteiger partial charge in [0, 0.05) is 0 Å². The summed E-state index contributed by atoms with van der Waals surface area (Å²) in [6.45, 7) is 3.74. The van der Waals surface area contributed by atoms with Gasteiger partial charge < -0.3 is 1.43 Å². The van der Waals surface area contributed by atoms with Crippen molar-refractivity contribution in [3.63, 3.8) is 0 Å². The standard InChI is InChI=1S/C2H7OP.Pt.H/c1-4(2)3;;/h3H,1-2H3;;/q;2*-1/p+1. The number of hydrogen-bond donors (Lipinski definition) is 1. The predicted octanol–water partition coefficient (Wildman–Crippen LogP) is 0.477. The van der Waals surface area contributed by atoms with E-state index in [0.717, 1.165) is 0 Å². The van der Waals surface area contributed by atoms with Gasteiger partial charge in [0.2, 0.25) is 0 Å². The number of rotatable bonds is 0. The van der Waals surface area contributed by atoms with Crippen LogP contribution in [0, 0.1) is 0 Å². The zero-order valence-corrected chi connectivity index (χ0v) is 6.54. The summed E-state index contributed by atoms with van der Waals surface area (Å²) in [5.74, 6) is 0. The summed E-state index contributed by atoms with van der Waals surface area (Å²) in [6.07, 6.45) is 0. The smallest absolute Gasteiger partial charge is 1.00 e. The summed E-state index contributed by atoms with van der Waals surface area (Å²) in [4.78, 5) is 8.65. The molecule has 0 fully saturated rings. The van der Waals surface area contributed by atoms with Crippen LogP contribution in [-0.2, 0) is 19.3 Å². The second-order valence-electron chi connectivity index (χ2n) is 1.33. The van der Waals surface area contributed by atoms with Gasteiger partial charge in [-0.2, -0.15) is 0 Å². The third kappa shape index (κ3) is 41.4. The molecule has 0 unspecified atom stereocenters. The van der Waals surface area contributed by atoms with E-state index in [1.165, 1.54) is 0 Å². The Balaban J connectivity index is 0. The Hall–Kier alpha value is 1.08. The zero-order valence-electron chi connectivity index (χ0n) is 4.26. The topological polar surface area (TPSA) is 20.2 Å². The summed E-state index contributed by atoms with van der Waals surface area (Å²) in [5, 5.41) is 0. The summed E-state index contributed by atoms with van der Waals surface area (Å²) in [6, 6.07) is 0. The van der Waals surface area contributed by atoms with Crippen molar-refractivity contribution in [2.75, 3.05) is 13.3 Å². The van der Waals surface area contributed by atoms with E-state index in [2.05, 4.69) is 19.3 Å². The normalized spacial score (nSPS) is 15.4. The van der Waals surface area contributed by atoms with Crippen LogP contribution < -0.4 is 0 Å². The maximum absolute atomic E-state index is 8.65. The predicted molar refractivity (Wildman–Crippen MR) is 23.5 cm³/mol. The first-order valence-corrected chi connectivity index (χ1v) is 7.55. The fourth-order valence-electron chi connectivity index (χ4n) is 0. The Morgan fingerprint density at radius 1 is 1.80 bits per heavy atom. The molecule has 0 atom stereocenters. The van der Waals surface area contributed by atoms with Gasteiger partial charge in [-0.3, -0.25) is 0 Å². The van der Waals surface area contributed by atoms with Gasteiger partial charge in [0.05, 0.1) is 0 Å². The van der Waals surface area contributed by atoms with Crippen molar-refractivity contribution < 1.29 is 25.6 Å². The van der Waals surface area contributed by atoms with Crippen molar-refractivity contribution in [3.05, 3.63) is 0 Å². The molecule has 5 heavy (non-hydrogen) atoms. The Morgan fingerprint density at radius 3 is 1.80 bits per heavy atom. The van der Waals surface area contributed by atoms with Crippen LogP contribution in [0.25, 0.3) is 0 Å². The van der Waals surface area contributed by atoms with Crippen molar-refractivity contribution in [1.29, 1.82) is 0 Å². The number of hydrogen-bond acceptors (Lipinski definition) is 1. The van der Waals surface area contributed by atoms with Gasteiger partial charge in [-0.25, -0.2) is 0 Å². The van der Waals surface area contributed by atoms with Crippen LogP contribution >= 0.6 is 5.58 Å². The minimum atomic E-state index is -1.64. The second kappa shape index (κ2) is 1.69. The van der Waals surface area contributed by atoms with E-state index in [1.54, 1.807) is 0 Å². The fourth-order valence-corrected chi connectivity index (χ4v) is 0. The van der Waals surface area contributed by atoms with E-state index < -0.39 is 5.58 Å². The molecule has 0 spiro atoms. The molecule has 39 valence electrons. The van der Waals surface area contributed by atoms with E-state index in [-0.39, 0.29) is 1.43 Å². The molecule has 0 radical (unpaired) electrons. The Labute approximate surface area is 45.0 Å². The zero-order chi connectivity index (χ0) is 4.50. The molecule has 3 heteroatoms. The van der Waals surface area contributed by atoms with E-state index in [9.17, 15) is 0 Å². The summed E-state index contributed by atoms with van der Waals surface area (Å²) in [7, 11) is 0. The van der Waals surface area contributed by atoms with Gasteiger partial charge in [0.15, 0.2) is 0 Å². The SMILES string of the molecule is C[PH](C)(O)[Pt].[H-]. The maximum atomic E-state index is 8.65. The summed E-state index contributed by atoms with van der Waals surface area (Å²) >= 11 is 2.06. The van der Waals surface area contributed by atoms with E-state index in [0.29, 0.717) is 0 Å². The monoisotopic (exact) mass is 275 g/mol. The molecule has 0 rings (SSSR count). The molecule has 0 aliphatic heterocycles. The van der Waals surface area contributed by atoms with Crippen molar-refractivity contribution in [2.45, 2.75) is 0 Å². The quantitative estimate of drug-likeness (QED) is 0.637. The average molecular weight is 275 g/mol. The third-order valence-corrected chi connectivity index (χ3v) is 0. The molecule has 0 aliphatic rings. The molecule has 0 aromatic carbocycles. The van der Waals surface area contributed by atoms with E-state index in [4.69, 9.17) is 4.89 Å². The van der Waals surface area contributed by atoms with Crippen LogP contribution in [-0.4, -0.2) is 18.2 Å². The van der Waals surface area contributed by atoms with Gasteiger partial charge in [-0.15, -0.1) is 0 Å². The first-order valence-electron chi connectivity index (χ1n) is 1.38. The van der Waals surface area contributed by atoms with Gasteiger partial charge in [0.25, 0.3) is 0 Å². The van der Waals surface area contributed by atoms with Crippen LogP contribution in [0.1, 0.15) is 1.43 Å². The van der Waals surface area contributed by atoms with Crippen LogP contribution in [0.3, 0.4) is 0 Å². The third-order valence-electron chi connectivity index (χ3n) is 0. The molecule has 0 amide bonds. The van der Waals surface area contributed by atoms with Gasteiger partial charge in [0.1, 0.15) is 0 Å². The molecule has 0 aromatic rings. The molecular weight excluding hydrogens is 266 g/mol. The van der Waals surface area contributed by atoms with Crippen LogP contribution in [0.4, 0.5) is 0 Å². The van der Waals surface area contributed by atoms with Crippen LogP contribution in [0.2, 0.25) is 0 Å².